The zero-order valence-electron chi connectivity index (χ0n) is 8.22. The van der Waals surface area contributed by atoms with Gasteiger partial charge in [0.05, 0.1) is 5.56 Å². The second-order valence-electron chi connectivity index (χ2n) is 3.09. The predicted octanol–water partition coefficient (Wildman–Crippen LogP) is 2.69. The maximum atomic E-state index is 10.4. The molecule has 0 bridgehead atoms. The van der Waals surface area contributed by atoms with Gasteiger partial charge < -0.3 is 5.32 Å². The maximum Gasteiger partial charge on any atom is 0.227 e. The lowest BCUT2D eigenvalue weighted by atomic mass is 10.3. The number of rotatable bonds is 3. The van der Waals surface area contributed by atoms with Crippen molar-refractivity contribution in [3.8, 4) is 0 Å². The zero-order valence-corrected chi connectivity index (χ0v) is 8.98. The first-order valence-corrected chi connectivity index (χ1v) is 4.95. The molecule has 0 atom stereocenters. The van der Waals surface area contributed by atoms with Crippen LogP contribution in [0.25, 0.3) is 0 Å². The lowest BCUT2D eigenvalue weighted by molar-refractivity contribution is 0.112. The maximum absolute atomic E-state index is 10.4. The van der Waals surface area contributed by atoms with Gasteiger partial charge in [-0.3, -0.25) is 4.79 Å². The molecule has 2 aromatic rings. The molecule has 16 heavy (non-hydrogen) atoms. The highest BCUT2D eigenvalue weighted by Gasteiger charge is 1.98. The van der Waals surface area contributed by atoms with E-state index >= 15 is 0 Å². The van der Waals surface area contributed by atoms with E-state index in [0.29, 0.717) is 22.8 Å². The minimum absolute atomic E-state index is 0.424. The minimum Gasteiger partial charge on any atom is -0.324 e. The number of benzene rings is 1. The second-order valence-corrected chi connectivity index (χ2v) is 3.53. The third-order valence-corrected chi connectivity index (χ3v) is 2.12. The number of anilines is 2. The fraction of sp³-hybridized carbons (Fsp3) is 0. The molecule has 5 heteroatoms. The molecule has 0 amide bonds. The van der Waals surface area contributed by atoms with Gasteiger partial charge in [0.25, 0.3) is 0 Å². The highest BCUT2D eigenvalue weighted by molar-refractivity contribution is 6.30. The molecule has 1 N–H and O–H groups in total. The van der Waals surface area contributed by atoms with Crippen LogP contribution < -0.4 is 5.32 Å². The van der Waals surface area contributed by atoms with E-state index in [1.165, 1.54) is 12.4 Å². The number of aldehydes is 1. The van der Waals surface area contributed by atoms with Crippen LogP contribution in [0.4, 0.5) is 11.6 Å². The minimum atomic E-state index is 0.424. The highest BCUT2D eigenvalue weighted by atomic mass is 35.5. The van der Waals surface area contributed by atoms with E-state index in [1.54, 1.807) is 12.1 Å². The van der Waals surface area contributed by atoms with Gasteiger partial charge in [0.15, 0.2) is 6.29 Å². The number of aromatic nitrogens is 2. The van der Waals surface area contributed by atoms with Crippen LogP contribution in [0.3, 0.4) is 0 Å². The number of nitrogens with zero attached hydrogens (tertiary/aromatic N) is 2. The van der Waals surface area contributed by atoms with E-state index in [0.717, 1.165) is 5.69 Å². The summed E-state index contributed by atoms with van der Waals surface area (Å²) in [4.78, 5) is 18.4. The van der Waals surface area contributed by atoms with E-state index in [4.69, 9.17) is 11.6 Å². The average molecular weight is 234 g/mol. The van der Waals surface area contributed by atoms with Crippen molar-refractivity contribution in [1.29, 1.82) is 0 Å². The first-order chi connectivity index (χ1) is 7.78. The molecule has 80 valence electrons. The summed E-state index contributed by atoms with van der Waals surface area (Å²) in [5, 5.41) is 3.61. The lowest BCUT2D eigenvalue weighted by Crippen LogP contribution is -1.97. The van der Waals surface area contributed by atoms with Gasteiger partial charge in [-0.05, 0) is 18.2 Å². The zero-order chi connectivity index (χ0) is 11.4. The largest absolute Gasteiger partial charge is 0.324 e. The Hall–Kier alpha value is -1.94. The van der Waals surface area contributed by atoms with Crippen LogP contribution in [-0.4, -0.2) is 16.3 Å². The van der Waals surface area contributed by atoms with Crippen molar-refractivity contribution >= 4 is 29.5 Å². The molecule has 0 aliphatic heterocycles. The molecule has 0 fully saturated rings. The van der Waals surface area contributed by atoms with Gasteiger partial charge >= 0.3 is 0 Å². The lowest BCUT2D eigenvalue weighted by Gasteiger charge is -2.04. The molecular formula is C11H8ClN3O. The topological polar surface area (TPSA) is 54.9 Å². The number of hydrogen-bond donors (Lipinski definition) is 1. The van der Waals surface area contributed by atoms with Crippen LogP contribution in [0.5, 0.6) is 0 Å². The van der Waals surface area contributed by atoms with E-state index in [2.05, 4.69) is 15.3 Å². The Kier molecular flexibility index (Phi) is 3.12. The van der Waals surface area contributed by atoms with E-state index in [-0.39, 0.29) is 0 Å². The smallest absolute Gasteiger partial charge is 0.227 e. The summed E-state index contributed by atoms with van der Waals surface area (Å²) in [6, 6.07) is 7.22. The number of nitrogens with one attached hydrogen (secondary N) is 1. The Balaban J connectivity index is 2.17. The van der Waals surface area contributed by atoms with Gasteiger partial charge in [0.2, 0.25) is 5.95 Å². The summed E-state index contributed by atoms with van der Waals surface area (Å²) < 4.78 is 0. The summed E-state index contributed by atoms with van der Waals surface area (Å²) >= 11 is 5.83. The summed E-state index contributed by atoms with van der Waals surface area (Å²) in [6.45, 7) is 0. The third kappa shape index (κ3) is 2.55. The first kappa shape index (κ1) is 10.6. The fourth-order valence-electron chi connectivity index (χ4n) is 1.16. The van der Waals surface area contributed by atoms with Crippen LogP contribution in [-0.2, 0) is 0 Å². The fourth-order valence-corrected chi connectivity index (χ4v) is 1.35. The predicted molar refractivity (Wildman–Crippen MR) is 62.2 cm³/mol. The quantitative estimate of drug-likeness (QED) is 0.829. The van der Waals surface area contributed by atoms with Crippen molar-refractivity contribution in [2.24, 2.45) is 0 Å². The highest BCUT2D eigenvalue weighted by Crippen LogP contribution is 2.17. The number of carbonyl (C=O) groups is 1. The first-order valence-electron chi connectivity index (χ1n) is 4.58. The van der Waals surface area contributed by atoms with Crippen LogP contribution in [0, 0.1) is 0 Å². The molecule has 2 rings (SSSR count). The van der Waals surface area contributed by atoms with Crippen molar-refractivity contribution in [3.63, 3.8) is 0 Å². The Morgan fingerprint density at radius 1 is 1.25 bits per heavy atom. The molecule has 0 radical (unpaired) electrons. The molecule has 0 saturated carbocycles. The van der Waals surface area contributed by atoms with Crippen LogP contribution in [0.1, 0.15) is 10.4 Å². The molecule has 4 nitrogen and oxygen atoms in total. The monoisotopic (exact) mass is 233 g/mol. The Morgan fingerprint density at radius 2 is 2.00 bits per heavy atom. The molecule has 1 aromatic heterocycles. The van der Waals surface area contributed by atoms with Crippen molar-refractivity contribution in [3.05, 3.63) is 47.2 Å². The van der Waals surface area contributed by atoms with Gasteiger partial charge in [0, 0.05) is 23.1 Å². The van der Waals surface area contributed by atoms with Crippen molar-refractivity contribution in [2.45, 2.75) is 0 Å². The van der Waals surface area contributed by atoms with E-state index in [1.807, 2.05) is 12.1 Å². The summed E-state index contributed by atoms with van der Waals surface area (Å²) in [5.74, 6) is 0.424. The summed E-state index contributed by atoms with van der Waals surface area (Å²) in [6.07, 6.45) is 3.60. The molecule has 0 spiro atoms. The Morgan fingerprint density at radius 3 is 2.62 bits per heavy atom. The second kappa shape index (κ2) is 4.72. The Bertz CT molecular complexity index is 499. The van der Waals surface area contributed by atoms with Crippen LogP contribution in [0.15, 0.2) is 36.7 Å². The summed E-state index contributed by atoms with van der Waals surface area (Å²) in [5.41, 5.74) is 1.24. The normalized spacial score (nSPS) is 9.81. The van der Waals surface area contributed by atoms with E-state index < -0.39 is 0 Å². The number of halogens is 1. The summed E-state index contributed by atoms with van der Waals surface area (Å²) in [7, 11) is 0. The molecule has 0 unspecified atom stereocenters. The van der Waals surface area contributed by atoms with Gasteiger partial charge in [0.1, 0.15) is 0 Å². The molecule has 1 aromatic carbocycles. The van der Waals surface area contributed by atoms with Gasteiger partial charge in [-0.1, -0.05) is 17.7 Å². The Labute approximate surface area is 97.3 Å². The number of hydrogen-bond acceptors (Lipinski definition) is 4. The molecule has 0 aliphatic rings. The molecule has 1 heterocycles. The van der Waals surface area contributed by atoms with Gasteiger partial charge in [-0.25, -0.2) is 9.97 Å². The van der Waals surface area contributed by atoms with Crippen molar-refractivity contribution in [1.82, 2.24) is 9.97 Å². The number of carbonyl (C=O) groups excluding carboxylic acids is 1. The molecule has 0 saturated heterocycles. The van der Waals surface area contributed by atoms with Gasteiger partial charge in [-0.15, -0.1) is 0 Å². The van der Waals surface area contributed by atoms with Crippen molar-refractivity contribution < 1.29 is 4.79 Å². The van der Waals surface area contributed by atoms with Crippen LogP contribution in [0.2, 0.25) is 5.02 Å². The van der Waals surface area contributed by atoms with Crippen molar-refractivity contribution in [2.75, 3.05) is 5.32 Å². The molecule has 0 aliphatic carbocycles. The van der Waals surface area contributed by atoms with Gasteiger partial charge in [-0.2, -0.15) is 0 Å². The third-order valence-electron chi connectivity index (χ3n) is 1.89. The molecular weight excluding hydrogens is 226 g/mol. The SMILES string of the molecule is O=Cc1cnc(Nc2cccc(Cl)c2)nc1. The average Bonchev–Trinajstić information content (AvgIpc) is 2.30. The van der Waals surface area contributed by atoms with E-state index in [9.17, 15) is 4.79 Å². The standard InChI is InChI=1S/C11H8ClN3O/c12-9-2-1-3-10(4-9)15-11-13-5-8(7-16)6-14-11/h1-7H,(H,13,14,15). The van der Waals surface area contributed by atoms with Crippen LogP contribution >= 0.6 is 11.6 Å².